The van der Waals surface area contributed by atoms with Crippen LogP contribution >= 0.6 is 0 Å². The van der Waals surface area contributed by atoms with Crippen molar-refractivity contribution in [1.29, 1.82) is 0 Å². The third-order valence-corrected chi connectivity index (χ3v) is 11.4. The average molecular weight is 796 g/mol. The lowest BCUT2D eigenvalue weighted by Gasteiger charge is -2.11. The first-order valence-electron chi connectivity index (χ1n) is 20.4. The number of fused-ring (bicyclic) bond motifs is 6. The maximum atomic E-state index is 6.35. The van der Waals surface area contributed by atoms with Crippen LogP contribution in [0.1, 0.15) is 0 Å². The van der Waals surface area contributed by atoms with Crippen molar-refractivity contribution in [2.45, 2.75) is 0 Å². The second-order valence-electron chi connectivity index (χ2n) is 15.1. The van der Waals surface area contributed by atoms with Gasteiger partial charge in [0.05, 0.1) is 16.4 Å². The number of rotatable bonds is 7. The van der Waals surface area contributed by atoms with Gasteiger partial charge in [0.15, 0.2) is 28.9 Å². The zero-order valence-electron chi connectivity index (χ0n) is 33.1. The largest absolute Gasteiger partial charge is 0.434 e. The molecule has 0 bridgehead atoms. The van der Waals surface area contributed by atoms with Crippen LogP contribution in [0.3, 0.4) is 0 Å². The Morgan fingerprint density at radius 3 is 1.37 bits per heavy atom. The fraction of sp³-hybridized carbons (Fsp3) is 0. The zero-order chi connectivity index (χ0) is 41.0. The first-order chi connectivity index (χ1) is 30.7. The molecule has 0 atom stereocenters. The Morgan fingerprint density at radius 1 is 0.339 bits per heavy atom. The van der Waals surface area contributed by atoms with E-state index in [0.717, 1.165) is 61.1 Å². The highest BCUT2D eigenvalue weighted by atomic mass is 16.3. The number of hydrogen-bond donors (Lipinski definition) is 0. The van der Waals surface area contributed by atoms with Gasteiger partial charge < -0.3 is 8.98 Å². The Bertz CT molecular complexity index is 3550. The van der Waals surface area contributed by atoms with Gasteiger partial charge in [-0.1, -0.05) is 146 Å². The monoisotopic (exact) mass is 795 g/mol. The van der Waals surface area contributed by atoms with E-state index in [-0.39, 0.29) is 0 Å². The summed E-state index contributed by atoms with van der Waals surface area (Å²) in [6, 6.07) is 66.2. The molecule has 0 radical (unpaired) electrons. The molecular weight excluding hydrogens is 763 g/mol. The third-order valence-electron chi connectivity index (χ3n) is 11.4. The first kappa shape index (κ1) is 35.3. The topological polar surface area (TPSA) is 95.4 Å². The Kier molecular flexibility index (Phi) is 8.31. The average Bonchev–Trinajstić information content (AvgIpc) is 3.90. The van der Waals surface area contributed by atoms with Crippen LogP contribution in [0.4, 0.5) is 0 Å². The third kappa shape index (κ3) is 6.09. The van der Waals surface area contributed by atoms with E-state index < -0.39 is 0 Å². The molecule has 290 valence electrons. The van der Waals surface area contributed by atoms with Gasteiger partial charge in [-0.3, -0.25) is 0 Å². The molecule has 0 amide bonds. The van der Waals surface area contributed by atoms with Crippen LogP contribution in [0, 0.1) is 0 Å². The van der Waals surface area contributed by atoms with Crippen molar-refractivity contribution in [2.24, 2.45) is 0 Å². The van der Waals surface area contributed by atoms with Crippen LogP contribution in [0.2, 0.25) is 0 Å². The van der Waals surface area contributed by atoms with Crippen LogP contribution in [0.15, 0.2) is 205 Å². The van der Waals surface area contributed by atoms with Gasteiger partial charge in [0, 0.05) is 50.5 Å². The summed E-state index contributed by atoms with van der Waals surface area (Å²) >= 11 is 0. The summed E-state index contributed by atoms with van der Waals surface area (Å²) in [7, 11) is 0. The molecule has 62 heavy (non-hydrogen) atoms. The van der Waals surface area contributed by atoms with Crippen LogP contribution in [-0.2, 0) is 0 Å². The number of nitrogens with zero attached hydrogens (tertiary/aromatic N) is 7. The molecule has 0 fully saturated rings. The molecule has 5 aromatic heterocycles. The van der Waals surface area contributed by atoms with E-state index in [1.165, 1.54) is 10.8 Å². The quantitative estimate of drug-likeness (QED) is 0.158. The number of pyridine rings is 1. The van der Waals surface area contributed by atoms with E-state index in [1.54, 1.807) is 6.20 Å². The van der Waals surface area contributed by atoms with E-state index in [2.05, 4.69) is 119 Å². The van der Waals surface area contributed by atoms with Gasteiger partial charge in [-0.2, -0.15) is 0 Å². The summed E-state index contributed by atoms with van der Waals surface area (Å²) in [6.45, 7) is 0. The molecule has 7 aromatic carbocycles. The molecule has 5 heterocycles. The minimum absolute atomic E-state index is 0.514. The molecule has 8 nitrogen and oxygen atoms in total. The molecule has 0 N–H and O–H groups in total. The summed E-state index contributed by atoms with van der Waals surface area (Å²) in [4.78, 5) is 29.8. The standard InChI is InChI=1S/C54H33N7O/c1-3-12-34(13-4-1)35-21-25-38(26-22-35)50-56-47(49-48(57-50)44-18-11-33-55-54(44)62-49)36-23-27-39(28-24-36)52-58-51(37-14-5-2-6-15-37)59-53(60-52)40-29-31-41(32-30-40)61-45-19-9-7-16-42(45)43-17-8-10-20-46(43)61/h1-33H. The number of furan rings is 1. The lowest BCUT2D eigenvalue weighted by Crippen LogP contribution is -2.00. The van der Waals surface area contributed by atoms with Gasteiger partial charge in [0.1, 0.15) is 11.2 Å². The van der Waals surface area contributed by atoms with Gasteiger partial charge in [0.2, 0.25) is 5.71 Å². The predicted octanol–water partition coefficient (Wildman–Crippen LogP) is 13.1. The van der Waals surface area contributed by atoms with E-state index >= 15 is 0 Å². The lowest BCUT2D eigenvalue weighted by atomic mass is 10.0. The highest BCUT2D eigenvalue weighted by molar-refractivity contribution is 6.09. The fourth-order valence-corrected chi connectivity index (χ4v) is 8.33. The minimum atomic E-state index is 0.514. The molecule has 0 spiro atoms. The number of hydrogen-bond acceptors (Lipinski definition) is 7. The summed E-state index contributed by atoms with van der Waals surface area (Å²) in [5, 5.41) is 3.28. The first-order valence-corrected chi connectivity index (χ1v) is 20.4. The van der Waals surface area contributed by atoms with E-state index in [4.69, 9.17) is 29.3 Å². The van der Waals surface area contributed by atoms with Crippen molar-refractivity contribution in [1.82, 2.24) is 34.5 Å². The molecule has 0 aliphatic carbocycles. The molecular formula is C54H33N7O. The van der Waals surface area contributed by atoms with Crippen LogP contribution < -0.4 is 0 Å². The smallest absolute Gasteiger partial charge is 0.229 e. The van der Waals surface area contributed by atoms with Gasteiger partial charge in [0.25, 0.3) is 0 Å². The Labute approximate surface area is 355 Å². The van der Waals surface area contributed by atoms with Crippen molar-refractivity contribution < 1.29 is 4.42 Å². The van der Waals surface area contributed by atoms with Gasteiger partial charge >= 0.3 is 0 Å². The highest BCUT2D eigenvalue weighted by Gasteiger charge is 2.20. The predicted molar refractivity (Wildman–Crippen MR) is 247 cm³/mol. The summed E-state index contributed by atoms with van der Waals surface area (Å²) in [6.07, 6.45) is 1.72. The minimum Gasteiger partial charge on any atom is -0.434 e. The molecule has 12 rings (SSSR count). The van der Waals surface area contributed by atoms with Crippen LogP contribution in [0.5, 0.6) is 0 Å². The molecule has 0 aliphatic heterocycles. The summed E-state index contributed by atoms with van der Waals surface area (Å²) in [5.41, 5.74) is 12.5. The van der Waals surface area contributed by atoms with E-state index in [1.807, 2.05) is 84.9 Å². The van der Waals surface area contributed by atoms with Crippen molar-refractivity contribution >= 4 is 44.0 Å². The van der Waals surface area contributed by atoms with Crippen molar-refractivity contribution in [3.8, 4) is 73.6 Å². The van der Waals surface area contributed by atoms with Crippen molar-refractivity contribution in [2.75, 3.05) is 0 Å². The lowest BCUT2D eigenvalue weighted by molar-refractivity contribution is 0.652. The number of benzene rings is 7. The second-order valence-corrected chi connectivity index (χ2v) is 15.1. The number of para-hydroxylation sites is 2. The fourth-order valence-electron chi connectivity index (χ4n) is 8.33. The van der Waals surface area contributed by atoms with E-state index in [9.17, 15) is 0 Å². The Balaban J connectivity index is 0.938. The number of aromatic nitrogens is 7. The SMILES string of the molecule is c1ccc(-c2ccc(-c3nc(-c4ccc(-c5nc(-c6ccccc6)nc(-c6ccc(-n7c8ccccc8c8ccccc87)cc6)n5)cc4)c4oc5ncccc5c4n3)cc2)cc1. The maximum absolute atomic E-state index is 6.35. The summed E-state index contributed by atoms with van der Waals surface area (Å²) in [5.74, 6) is 2.34. The molecule has 0 saturated heterocycles. The second kappa shape index (κ2) is 14.6. The van der Waals surface area contributed by atoms with Gasteiger partial charge in [-0.05, 0) is 59.7 Å². The van der Waals surface area contributed by atoms with Crippen LogP contribution in [-0.4, -0.2) is 34.5 Å². The molecule has 0 saturated carbocycles. The van der Waals surface area contributed by atoms with Gasteiger partial charge in [-0.25, -0.2) is 29.9 Å². The van der Waals surface area contributed by atoms with Crippen LogP contribution in [0.25, 0.3) is 118 Å². The summed E-state index contributed by atoms with van der Waals surface area (Å²) < 4.78 is 8.66. The van der Waals surface area contributed by atoms with Crippen molar-refractivity contribution in [3.05, 3.63) is 200 Å². The molecule has 0 unspecified atom stereocenters. The highest BCUT2D eigenvalue weighted by Crippen LogP contribution is 2.37. The normalized spacial score (nSPS) is 11.5. The molecule has 0 aliphatic rings. The Morgan fingerprint density at radius 2 is 0.774 bits per heavy atom. The molecule has 8 heteroatoms. The Hall–Kier alpha value is -8.62. The van der Waals surface area contributed by atoms with Gasteiger partial charge in [-0.15, -0.1) is 0 Å². The maximum Gasteiger partial charge on any atom is 0.229 e. The zero-order valence-corrected chi connectivity index (χ0v) is 33.1. The molecule has 12 aromatic rings. The van der Waals surface area contributed by atoms with Crippen molar-refractivity contribution in [3.63, 3.8) is 0 Å². The van der Waals surface area contributed by atoms with E-state index in [0.29, 0.717) is 45.8 Å².